The maximum atomic E-state index is 13.3. The van der Waals surface area contributed by atoms with Gasteiger partial charge in [-0.05, 0) is 54.9 Å². The third kappa shape index (κ3) is 3.93. The summed E-state index contributed by atoms with van der Waals surface area (Å²) in [5, 5.41) is 0.0110. The summed E-state index contributed by atoms with van der Waals surface area (Å²) in [4.78, 5) is 28.5. The van der Waals surface area contributed by atoms with Crippen LogP contribution in [0.1, 0.15) is 66.6 Å². The largest absolute Gasteiger partial charge is 0.493 e. The van der Waals surface area contributed by atoms with Crippen molar-refractivity contribution in [3.63, 3.8) is 0 Å². The highest BCUT2D eigenvalue weighted by molar-refractivity contribution is 6.32. The molecule has 0 amide bonds. The second kappa shape index (κ2) is 8.62. The lowest BCUT2D eigenvalue weighted by Crippen LogP contribution is -2.29. The number of aromatic amines is 1. The van der Waals surface area contributed by atoms with Crippen molar-refractivity contribution in [2.75, 3.05) is 13.7 Å². The number of rotatable bonds is 6. The van der Waals surface area contributed by atoms with Gasteiger partial charge in [-0.15, -0.1) is 0 Å². The van der Waals surface area contributed by atoms with Crippen molar-refractivity contribution in [3.05, 3.63) is 49.8 Å². The van der Waals surface area contributed by atoms with Gasteiger partial charge in [0.2, 0.25) is 5.43 Å². The number of unbranched alkanes of at least 4 members (excludes halogenated alkanes) is 1. The maximum Gasteiger partial charge on any atom is 0.344 e. The lowest BCUT2D eigenvalue weighted by molar-refractivity contribution is 0.0599. The Morgan fingerprint density at radius 1 is 1.34 bits per heavy atom. The van der Waals surface area contributed by atoms with E-state index in [1.165, 1.54) is 7.11 Å². The second-order valence-electron chi connectivity index (χ2n) is 7.95. The number of aromatic nitrogens is 1. The normalized spacial score (nSPS) is 15.1. The number of fused-ring (bicyclic) bond motifs is 3. The van der Waals surface area contributed by atoms with Gasteiger partial charge in [-0.3, -0.25) is 4.79 Å². The van der Waals surface area contributed by atoms with E-state index in [0.717, 1.165) is 35.3 Å². The van der Waals surface area contributed by atoms with E-state index in [-0.39, 0.29) is 28.0 Å². The molecule has 0 aliphatic heterocycles. The number of aryl methyl sites for hydroxylation is 1. The number of H-pyrrole nitrogens is 1. The van der Waals surface area contributed by atoms with E-state index >= 15 is 0 Å². The van der Waals surface area contributed by atoms with E-state index in [4.69, 9.17) is 21.1 Å². The fraction of sp³-hybridized carbons (Fsp3) is 0.478. The zero-order valence-electron chi connectivity index (χ0n) is 17.6. The SMILES string of the molecule is CCCCOc1cc2c(cc1C)-c1[nH]c(Cl)c(C(=O)OC)c(=O)c1C(C(C)C)C2. The number of carbonyl (C=O) groups is 1. The van der Waals surface area contributed by atoms with Crippen LogP contribution in [0.2, 0.25) is 5.15 Å². The highest BCUT2D eigenvalue weighted by atomic mass is 35.5. The number of hydrogen-bond acceptors (Lipinski definition) is 4. The fourth-order valence-electron chi connectivity index (χ4n) is 3.96. The number of hydrogen-bond donors (Lipinski definition) is 1. The number of esters is 1. The van der Waals surface area contributed by atoms with Crippen molar-refractivity contribution in [3.8, 4) is 17.0 Å². The number of pyridine rings is 1. The molecule has 0 saturated carbocycles. The average molecular weight is 418 g/mol. The minimum absolute atomic E-state index is 0.0110. The van der Waals surface area contributed by atoms with E-state index in [0.29, 0.717) is 24.3 Å². The summed E-state index contributed by atoms with van der Waals surface area (Å²) >= 11 is 6.31. The first-order chi connectivity index (χ1) is 13.8. The molecule has 6 heteroatoms. The Bertz CT molecular complexity index is 993. The first-order valence-electron chi connectivity index (χ1n) is 10.1. The van der Waals surface area contributed by atoms with E-state index in [9.17, 15) is 9.59 Å². The predicted octanol–water partition coefficient (Wildman–Crippen LogP) is 5.26. The summed E-state index contributed by atoms with van der Waals surface area (Å²) in [6, 6.07) is 4.12. The van der Waals surface area contributed by atoms with E-state index in [2.05, 4.69) is 31.8 Å². The Balaban J connectivity index is 2.20. The molecule has 29 heavy (non-hydrogen) atoms. The van der Waals surface area contributed by atoms with E-state index in [1.807, 2.05) is 13.0 Å². The topological polar surface area (TPSA) is 68.4 Å². The Labute approximate surface area is 176 Å². The van der Waals surface area contributed by atoms with Crippen LogP contribution in [-0.4, -0.2) is 24.7 Å². The molecule has 5 nitrogen and oxygen atoms in total. The number of halogens is 1. The molecular formula is C23H28ClNO4. The molecule has 1 aromatic carbocycles. The predicted molar refractivity (Wildman–Crippen MR) is 115 cm³/mol. The molecule has 1 aliphatic carbocycles. The van der Waals surface area contributed by atoms with Crippen LogP contribution in [0.25, 0.3) is 11.3 Å². The zero-order valence-corrected chi connectivity index (χ0v) is 18.4. The molecule has 1 aromatic heterocycles. The lowest BCUT2D eigenvalue weighted by atomic mass is 9.75. The summed E-state index contributed by atoms with van der Waals surface area (Å²) in [7, 11) is 1.25. The van der Waals surface area contributed by atoms with Gasteiger partial charge in [0, 0.05) is 11.1 Å². The number of carbonyl (C=O) groups excluding carboxylic acids is 1. The number of ether oxygens (including phenoxy) is 2. The van der Waals surface area contributed by atoms with Gasteiger partial charge in [0.05, 0.1) is 19.4 Å². The summed E-state index contributed by atoms with van der Waals surface area (Å²) in [5.74, 6) is 0.333. The maximum absolute atomic E-state index is 13.3. The molecule has 1 heterocycles. The van der Waals surface area contributed by atoms with Gasteiger partial charge in [0.25, 0.3) is 0 Å². The third-order valence-electron chi connectivity index (χ3n) is 5.63. The molecule has 2 aromatic rings. The van der Waals surface area contributed by atoms with Crippen LogP contribution >= 0.6 is 11.6 Å². The van der Waals surface area contributed by atoms with Crippen LogP contribution in [0.3, 0.4) is 0 Å². The highest BCUT2D eigenvalue weighted by Crippen LogP contribution is 2.43. The highest BCUT2D eigenvalue weighted by Gasteiger charge is 2.34. The fourth-order valence-corrected chi connectivity index (χ4v) is 4.22. The molecule has 0 spiro atoms. The average Bonchev–Trinajstić information content (AvgIpc) is 2.67. The molecule has 3 rings (SSSR count). The molecule has 1 aliphatic rings. The smallest absolute Gasteiger partial charge is 0.344 e. The van der Waals surface area contributed by atoms with Crippen LogP contribution in [0.4, 0.5) is 0 Å². The molecule has 1 atom stereocenters. The molecule has 0 fully saturated rings. The van der Waals surface area contributed by atoms with Crippen LogP contribution in [0, 0.1) is 12.8 Å². The van der Waals surface area contributed by atoms with Crippen molar-refractivity contribution in [2.24, 2.45) is 5.92 Å². The van der Waals surface area contributed by atoms with Gasteiger partial charge in [0.15, 0.2) is 0 Å². The molecule has 0 saturated heterocycles. The summed E-state index contributed by atoms with van der Waals surface area (Å²) in [5.41, 5.74) is 3.88. The Kier molecular flexibility index (Phi) is 6.37. The third-order valence-corrected chi connectivity index (χ3v) is 5.91. The first-order valence-corrected chi connectivity index (χ1v) is 10.5. The Morgan fingerprint density at radius 3 is 2.69 bits per heavy atom. The molecule has 156 valence electrons. The molecule has 1 unspecified atom stereocenters. The molecule has 0 bridgehead atoms. The Morgan fingerprint density at radius 2 is 2.07 bits per heavy atom. The summed E-state index contributed by atoms with van der Waals surface area (Å²) < 4.78 is 10.8. The van der Waals surface area contributed by atoms with Gasteiger partial charge >= 0.3 is 5.97 Å². The summed E-state index contributed by atoms with van der Waals surface area (Å²) in [6.07, 6.45) is 2.79. The van der Waals surface area contributed by atoms with Crippen molar-refractivity contribution >= 4 is 17.6 Å². The molecule has 0 radical (unpaired) electrons. The second-order valence-corrected chi connectivity index (χ2v) is 8.33. The van der Waals surface area contributed by atoms with Crippen molar-refractivity contribution < 1.29 is 14.3 Å². The standard InChI is InChI=1S/C23H28ClNO4/c1-6-7-8-29-17-11-14-10-15(12(2)3)18-20(16(14)9-13(17)4)25-22(24)19(21(18)26)23(27)28-5/h9,11-12,15H,6-8,10H2,1-5H3,(H,25,26). The quantitative estimate of drug-likeness (QED) is 0.395. The first kappa shape index (κ1) is 21.4. The minimum atomic E-state index is -0.719. The van der Waals surface area contributed by atoms with Gasteiger partial charge in [-0.25, -0.2) is 4.79 Å². The van der Waals surface area contributed by atoms with Crippen LogP contribution in [0.15, 0.2) is 16.9 Å². The van der Waals surface area contributed by atoms with E-state index < -0.39 is 5.97 Å². The molecule has 1 N–H and O–H groups in total. The van der Waals surface area contributed by atoms with Crippen LogP contribution < -0.4 is 10.2 Å². The lowest BCUT2D eigenvalue weighted by Gasteiger charge is -2.31. The van der Waals surface area contributed by atoms with E-state index in [1.54, 1.807) is 0 Å². The number of nitrogens with one attached hydrogen (secondary N) is 1. The zero-order chi connectivity index (χ0) is 21.3. The number of benzene rings is 1. The van der Waals surface area contributed by atoms with Gasteiger partial charge in [-0.2, -0.15) is 0 Å². The van der Waals surface area contributed by atoms with Crippen molar-refractivity contribution in [2.45, 2.75) is 52.9 Å². The van der Waals surface area contributed by atoms with Crippen LogP contribution in [0.5, 0.6) is 5.75 Å². The van der Waals surface area contributed by atoms with Crippen LogP contribution in [-0.2, 0) is 11.2 Å². The van der Waals surface area contributed by atoms with Gasteiger partial charge in [-0.1, -0.05) is 38.8 Å². The summed E-state index contributed by atoms with van der Waals surface area (Å²) in [6.45, 7) is 8.98. The van der Waals surface area contributed by atoms with Crippen molar-refractivity contribution in [1.82, 2.24) is 4.98 Å². The minimum Gasteiger partial charge on any atom is -0.493 e. The van der Waals surface area contributed by atoms with Gasteiger partial charge < -0.3 is 14.5 Å². The Hall–Kier alpha value is -2.27. The van der Waals surface area contributed by atoms with Crippen molar-refractivity contribution in [1.29, 1.82) is 0 Å². The number of methoxy groups -OCH3 is 1. The monoisotopic (exact) mass is 417 g/mol. The van der Waals surface area contributed by atoms with Gasteiger partial charge in [0.1, 0.15) is 16.5 Å². The molecular weight excluding hydrogens is 390 g/mol.